The number of hydrogen-bond donors (Lipinski definition) is 4. The minimum Gasteiger partial charge on any atom is -0.480 e. The number of hydrogen-bond acceptors (Lipinski definition) is 12. The number of nitrogens with zero attached hydrogens (tertiary/aromatic N) is 2. The van der Waals surface area contributed by atoms with Crippen LogP contribution in [0.3, 0.4) is 0 Å². The molecular formula is C38H46N2O13S4. The van der Waals surface area contributed by atoms with E-state index in [4.69, 9.17) is 4.74 Å². The van der Waals surface area contributed by atoms with E-state index >= 15 is 0 Å². The van der Waals surface area contributed by atoms with Gasteiger partial charge in [0.2, 0.25) is 0 Å². The molecule has 2 aliphatic rings. The summed E-state index contributed by atoms with van der Waals surface area (Å²) in [6.45, 7) is 6.88. The predicted octanol–water partition coefficient (Wildman–Crippen LogP) is 5.81. The molecule has 15 nitrogen and oxygen atoms in total. The zero-order valence-electron chi connectivity index (χ0n) is 31.8. The van der Waals surface area contributed by atoms with Crippen LogP contribution in [0.2, 0.25) is 0 Å². The van der Waals surface area contributed by atoms with Crippen LogP contribution in [0.4, 0.5) is 5.69 Å². The molecule has 2 aromatic carbocycles. The maximum atomic E-state index is 13.5. The van der Waals surface area contributed by atoms with Crippen LogP contribution in [0.5, 0.6) is 0 Å². The SMILES string of the molecule is CCOC(=O)C1(C(=O)O)CC(/C=C/C(=NCCCS(=O)(=O)O)C(C)(C)c2cc(S(=O)(=O)O)ccc2C)=CC(=C/C=C2\Sc3ccccc3N2CCCS(=O)(=O)O)/C1. The summed E-state index contributed by atoms with van der Waals surface area (Å²) in [5, 5.41) is 11.3. The molecule has 4 rings (SSSR count). The molecule has 0 spiro atoms. The Morgan fingerprint density at radius 3 is 2.26 bits per heavy atom. The highest BCUT2D eigenvalue weighted by molar-refractivity contribution is 8.03. The lowest BCUT2D eigenvalue weighted by atomic mass is 9.71. The van der Waals surface area contributed by atoms with Gasteiger partial charge in [-0.15, -0.1) is 0 Å². The van der Waals surface area contributed by atoms with Crippen molar-refractivity contribution in [1.29, 1.82) is 0 Å². The molecule has 1 unspecified atom stereocenters. The van der Waals surface area contributed by atoms with Crippen molar-refractivity contribution in [3.8, 4) is 0 Å². The number of carboxylic acid groups (broad SMARTS) is 1. The number of benzene rings is 2. The van der Waals surface area contributed by atoms with Gasteiger partial charge in [-0.2, -0.15) is 25.3 Å². The highest BCUT2D eigenvalue weighted by Crippen LogP contribution is 2.47. The number of carbonyl (C=O) groups excluding carboxylic acids is 1. The summed E-state index contributed by atoms with van der Waals surface area (Å²) in [5.41, 5.74) is -0.0462. The topological polar surface area (TPSA) is 242 Å². The lowest BCUT2D eigenvalue weighted by Gasteiger charge is -2.32. The van der Waals surface area contributed by atoms with Crippen molar-refractivity contribution in [2.75, 3.05) is 36.1 Å². The van der Waals surface area contributed by atoms with E-state index in [2.05, 4.69) is 4.99 Å². The molecule has 19 heteroatoms. The summed E-state index contributed by atoms with van der Waals surface area (Å²) in [7, 11) is -13.1. The first-order valence-corrected chi connectivity index (χ1v) is 23.2. The number of aliphatic imine (C=N–C) groups is 1. The van der Waals surface area contributed by atoms with Crippen LogP contribution in [-0.2, 0) is 50.1 Å². The van der Waals surface area contributed by atoms with E-state index in [1.807, 2.05) is 29.2 Å². The van der Waals surface area contributed by atoms with Crippen molar-refractivity contribution < 1.29 is 58.3 Å². The molecule has 57 heavy (non-hydrogen) atoms. The molecule has 1 atom stereocenters. The fourth-order valence-corrected chi connectivity index (χ4v) is 9.21. The smallest absolute Gasteiger partial charge is 0.324 e. The number of carboxylic acids is 1. The number of para-hydroxylation sites is 1. The van der Waals surface area contributed by atoms with Gasteiger partial charge in [-0.25, -0.2) is 0 Å². The number of rotatable bonds is 17. The molecule has 1 aliphatic heterocycles. The third kappa shape index (κ3) is 12.0. The first-order valence-electron chi connectivity index (χ1n) is 17.8. The monoisotopic (exact) mass is 866 g/mol. The van der Waals surface area contributed by atoms with E-state index in [1.165, 1.54) is 30.0 Å². The minimum atomic E-state index is -4.59. The Bertz CT molecular complexity index is 2380. The Kier molecular flexibility index (Phi) is 14.6. The molecule has 2 aromatic rings. The zero-order chi connectivity index (χ0) is 42.4. The van der Waals surface area contributed by atoms with E-state index in [-0.39, 0.29) is 50.3 Å². The van der Waals surface area contributed by atoms with Gasteiger partial charge in [0.25, 0.3) is 30.4 Å². The third-order valence-electron chi connectivity index (χ3n) is 9.44. The molecule has 0 fully saturated rings. The highest BCUT2D eigenvalue weighted by Gasteiger charge is 2.50. The minimum absolute atomic E-state index is 0.0553. The van der Waals surface area contributed by atoms with Gasteiger partial charge < -0.3 is 14.7 Å². The van der Waals surface area contributed by atoms with Crippen molar-refractivity contribution in [3.05, 3.63) is 100 Å². The van der Waals surface area contributed by atoms with Crippen molar-refractivity contribution in [1.82, 2.24) is 0 Å². The first kappa shape index (κ1) is 45.6. The molecule has 1 heterocycles. The van der Waals surface area contributed by atoms with Crippen LogP contribution in [0.25, 0.3) is 0 Å². The van der Waals surface area contributed by atoms with Gasteiger partial charge in [-0.1, -0.05) is 62.0 Å². The Balaban J connectivity index is 1.83. The average Bonchev–Trinajstić information content (AvgIpc) is 3.45. The van der Waals surface area contributed by atoms with E-state index in [0.29, 0.717) is 33.0 Å². The van der Waals surface area contributed by atoms with Gasteiger partial charge in [-0.3, -0.25) is 28.2 Å². The first-order chi connectivity index (χ1) is 26.5. The Morgan fingerprint density at radius 2 is 1.63 bits per heavy atom. The van der Waals surface area contributed by atoms with Gasteiger partial charge in [0.1, 0.15) is 0 Å². The molecule has 0 saturated heterocycles. The zero-order valence-corrected chi connectivity index (χ0v) is 35.0. The molecule has 0 aromatic heterocycles. The lowest BCUT2D eigenvalue weighted by molar-refractivity contribution is -0.168. The van der Waals surface area contributed by atoms with Crippen LogP contribution in [0.1, 0.15) is 57.6 Å². The van der Waals surface area contributed by atoms with E-state index < -0.39 is 64.6 Å². The Hall–Kier alpha value is -4.11. The van der Waals surface area contributed by atoms with Crippen molar-refractivity contribution >= 4 is 65.5 Å². The fraction of sp³-hybridized carbons (Fsp3) is 0.395. The molecule has 0 radical (unpaired) electrons. The molecule has 310 valence electrons. The fourth-order valence-electron chi connectivity index (χ4n) is 6.62. The number of allylic oxidation sites excluding steroid dienone is 7. The van der Waals surface area contributed by atoms with Crippen LogP contribution >= 0.6 is 11.8 Å². The number of ether oxygens (including phenoxy) is 1. The molecule has 0 amide bonds. The second-order valence-electron chi connectivity index (χ2n) is 14.1. The van der Waals surface area contributed by atoms with Gasteiger partial charge in [0.05, 0.1) is 33.7 Å². The van der Waals surface area contributed by atoms with Gasteiger partial charge >= 0.3 is 11.9 Å². The van der Waals surface area contributed by atoms with E-state index in [9.17, 15) is 53.6 Å². The highest BCUT2D eigenvalue weighted by atomic mass is 32.2. The normalized spacial score (nSPS) is 19.6. The summed E-state index contributed by atoms with van der Waals surface area (Å²) >= 11 is 1.41. The second-order valence-corrected chi connectivity index (χ2v) is 19.7. The number of fused-ring (bicyclic) bond motifs is 1. The molecule has 4 N–H and O–H groups in total. The van der Waals surface area contributed by atoms with Crippen LogP contribution in [0, 0.1) is 12.3 Å². The summed E-state index contributed by atoms with van der Waals surface area (Å²) in [4.78, 5) is 33.5. The quantitative estimate of drug-likeness (QED) is 0.0482. The summed E-state index contributed by atoms with van der Waals surface area (Å²) in [6, 6.07) is 11.5. The molecular weight excluding hydrogens is 821 g/mol. The maximum Gasteiger partial charge on any atom is 0.324 e. The number of thioether (sulfide) groups is 1. The largest absolute Gasteiger partial charge is 0.480 e. The van der Waals surface area contributed by atoms with Gasteiger partial charge in [0, 0.05) is 29.1 Å². The summed E-state index contributed by atoms with van der Waals surface area (Å²) < 4.78 is 103. The van der Waals surface area contributed by atoms with Gasteiger partial charge in [0.15, 0.2) is 5.41 Å². The van der Waals surface area contributed by atoms with Crippen LogP contribution in [-0.4, -0.2) is 92.9 Å². The number of carbonyl (C=O) groups is 2. The average molecular weight is 867 g/mol. The maximum absolute atomic E-state index is 13.5. The van der Waals surface area contributed by atoms with Crippen molar-refractivity contribution in [2.24, 2.45) is 10.4 Å². The molecule has 0 saturated carbocycles. The Morgan fingerprint density at radius 1 is 0.965 bits per heavy atom. The predicted molar refractivity (Wildman–Crippen MR) is 217 cm³/mol. The third-order valence-corrected chi connectivity index (χ3v) is 13.0. The standard InChI is InChI=1S/C38H46N2O13S4/c1-5-53-36(43)38(35(41)42)24-27(22-28(25-38)14-17-34-40(19-9-21-56(47,48)49)31-10-6-7-11-32(31)54-34)13-16-33(39-18-8-20-55(44,45)46)37(3,4)30-23-29(57(50,51)52)15-12-26(30)2/h6-7,10-17,22-23H,5,8-9,18-21,24-25H2,1-4H3,(H,41,42)(H,44,45,46)(H,47,48,49)(H,50,51,52)/b16-13+,28-14-,34-17-,39-33?. The number of aryl methyl sites for hydroxylation is 1. The van der Waals surface area contributed by atoms with Crippen molar-refractivity contribution in [3.63, 3.8) is 0 Å². The summed E-state index contributed by atoms with van der Waals surface area (Å²) in [5.74, 6) is -3.37. The molecule has 1 aliphatic carbocycles. The summed E-state index contributed by atoms with van der Waals surface area (Å²) in [6.07, 6.45) is 7.83. The van der Waals surface area contributed by atoms with Crippen LogP contribution in [0.15, 0.2) is 104 Å². The number of anilines is 1. The lowest BCUT2D eigenvalue weighted by Crippen LogP contribution is -2.42. The van der Waals surface area contributed by atoms with Gasteiger partial charge in [-0.05, 0) is 98.2 Å². The Labute approximate surface area is 337 Å². The van der Waals surface area contributed by atoms with Crippen LogP contribution < -0.4 is 4.90 Å². The molecule has 0 bridgehead atoms. The van der Waals surface area contributed by atoms with Crippen molar-refractivity contribution in [2.45, 2.75) is 68.6 Å². The number of aliphatic carboxylic acids is 1. The van der Waals surface area contributed by atoms with E-state index in [0.717, 1.165) is 10.6 Å². The second kappa shape index (κ2) is 18.2. The van der Waals surface area contributed by atoms with E-state index in [1.54, 1.807) is 58.1 Å². The number of esters is 1.